The third-order valence-electron chi connectivity index (χ3n) is 3.91. The second-order valence-electron chi connectivity index (χ2n) is 5.46. The third kappa shape index (κ3) is 2.31. The predicted molar refractivity (Wildman–Crippen MR) is 85.3 cm³/mol. The maximum atomic E-state index is 14.1. The van der Waals surface area contributed by atoms with Crippen LogP contribution in [0.2, 0.25) is 5.15 Å². The fourth-order valence-corrected chi connectivity index (χ4v) is 4.48. The topological polar surface area (TPSA) is 64.8 Å². The first kappa shape index (κ1) is 14.6. The van der Waals surface area contributed by atoms with Crippen LogP contribution in [0, 0.1) is 5.82 Å². The van der Waals surface area contributed by atoms with Crippen molar-refractivity contribution in [3.8, 4) is 11.1 Å². The molecule has 5 nitrogen and oxygen atoms in total. The molecule has 0 radical (unpaired) electrons. The maximum Gasteiger partial charge on any atom is 0.241 e. The van der Waals surface area contributed by atoms with Gasteiger partial charge < -0.3 is 0 Å². The van der Waals surface area contributed by atoms with Gasteiger partial charge in [0.15, 0.2) is 0 Å². The van der Waals surface area contributed by atoms with E-state index in [2.05, 4.69) is 9.97 Å². The van der Waals surface area contributed by atoms with Crippen molar-refractivity contribution in [2.24, 2.45) is 0 Å². The minimum absolute atomic E-state index is 0.156. The minimum atomic E-state index is -3.42. The number of hydrogen-bond acceptors (Lipinski definition) is 4. The van der Waals surface area contributed by atoms with E-state index >= 15 is 0 Å². The molecular formula is C15H11ClFN3O2S. The average Bonchev–Trinajstić information content (AvgIpc) is 3.29. The van der Waals surface area contributed by atoms with Crippen LogP contribution in [0.5, 0.6) is 0 Å². The summed E-state index contributed by atoms with van der Waals surface area (Å²) in [7, 11) is -3.42. The SMILES string of the molecule is O=S(=O)(C1CC1)n1ccc2c(-c3cc(Cl)ncc3F)cncc21. The first-order valence-electron chi connectivity index (χ1n) is 6.99. The first-order valence-corrected chi connectivity index (χ1v) is 8.87. The molecule has 1 aliphatic carbocycles. The van der Waals surface area contributed by atoms with Gasteiger partial charge in [0, 0.05) is 28.9 Å². The van der Waals surface area contributed by atoms with Gasteiger partial charge in [-0.1, -0.05) is 11.6 Å². The molecule has 8 heteroatoms. The molecule has 0 spiro atoms. The fraction of sp³-hybridized carbons (Fsp3) is 0.200. The number of halogens is 2. The molecule has 0 N–H and O–H groups in total. The van der Waals surface area contributed by atoms with Crippen molar-refractivity contribution in [3.63, 3.8) is 0 Å². The van der Waals surface area contributed by atoms with Gasteiger partial charge >= 0.3 is 0 Å². The first-order chi connectivity index (χ1) is 11.0. The molecule has 1 aliphatic rings. The summed E-state index contributed by atoms with van der Waals surface area (Å²) < 4.78 is 40.3. The molecule has 23 heavy (non-hydrogen) atoms. The Labute approximate surface area is 136 Å². The zero-order valence-corrected chi connectivity index (χ0v) is 13.4. The summed E-state index contributed by atoms with van der Waals surface area (Å²) in [5, 5.41) is 0.419. The zero-order chi connectivity index (χ0) is 16.2. The summed E-state index contributed by atoms with van der Waals surface area (Å²) in [4.78, 5) is 7.76. The maximum absolute atomic E-state index is 14.1. The van der Waals surface area contributed by atoms with E-state index in [1.807, 2.05) is 0 Å². The molecule has 0 amide bonds. The number of fused-ring (bicyclic) bond motifs is 1. The second kappa shape index (κ2) is 5.01. The number of nitrogens with zero attached hydrogens (tertiary/aromatic N) is 3. The minimum Gasteiger partial charge on any atom is -0.262 e. The Morgan fingerprint density at radius 1 is 1.22 bits per heavy atom. The van der Waals surface area contributed by atoms with E-state index in [9.17, 15) is 12.8 Å². The van der Waals surface area contributed by atoms with E-state index in [4.69, 9.17) is 11.6 Å². The van der Waals surface area contributed by atoms with Crippen molar-refractivity contribution in [2.45, 2.75) is 18.1 Å². The number of rotatable bonds is 3. The molecule has 0 aliphatic heterocycles. The smallest absolute Gasteiger partial charge is 0.241 e. The van der Waals surface area contributed by atoms with Gasteiger partial charge in [0.05, 0.1) is 23.2 Å². The summed E-state index contributed by atoms with van der Waals surface area (Å²) in [5.74, 6) is -0.540. The Bertz CT molecular complexity index is 1030. The van der Waals surface area contributed by atoms with Crippen LogP contribution in [0.4, 0.5) is 4.39 Å². The standard InChI is InChI=1S/C15H11ClFN3O2S/c16-15-5-11(13(17)7-19-15)12-6-18-8-14-10(12)3-4-20(14)23(21,22)9-1-2-9/h3-9H,1-2H2. The Kier molecular flexibility index (Phi) is 3.18. The quantitative estimate of drug-likeness (QED) is 0.679. The highest BCUT2D eigenvalue weighted by Crippen LogP contribution is 2.35. The van der Waals surface area contributed by atoms with Crippen molar-refractivity contribution in [1.82, 2.24) is 13.9 Å². The van der Waals surface area contributed by atoms with Gasteiger partial charge in [-0.3, -0.25) is 4.98 Å². The summed E-state index contributed by atoms with van der Waals surface area (Å²) >= 11 is 5.85. The summed E-state index contributed by atoms with van der Waals surface area (Å²) in [6, 6.07) is 3.06. The average molecular weight is 352 g/mol. The molecule has 3 heterocycles. The molecule has 1 fully saturated rings. The normalized spacial score (nSPS) is 15.2. The lowest BCUT2D eigenvalue weighted by atomic mass is 10.1. The predicted octanol–water partition coefficient (Wildman–Crippen LogP) is 3.23. The molecule has 3 aromatic rings. The van der Waals surface area contributed by atoms with Gasteiger partial charge in [-0.2, -0.15) is 0 Å². The monoisotopic (exact) mass is 351 g/mol. The van der Waals surface area contributed by atoms with Crippen LogP contribution in [0.3, 0.4) is 0 Å². The number of hydrogen-bond donors (Lipinski definition) is 0. The lowest BCUT2D eigenvalue weighted by Crippen LogP contribution is -2.16. The van der Waals surface area contributed by atoms with Crippen LogP contribution in [0.25, 0.3) is 22.0 Å². The highest BCUT2D eigenvalue weighted by molar-refractivity contribution is 7.91. The van der Waals surface area contributed by atoms with E-state index in [0.717, 1.165) is 6.20 Å². The van der Waals surface area contributed by atoms with Gasteiger partial charge in [-0.05, 0) is 25.0 Å². The lowest BCUT2D eigenvalue weighted by molar-refractivity contribution is 0.587. The lowest BCUT2D eigenvalue weighted by Gasteiger charge is -2.08. The van der Waals surface area contributed by atoms with Crippen LogP contribution in [0.15, 0.2) is 36.9 Å². The van der Waals surface area contributed by atoms with Gasteiger partial charge in [-0.15, -0.1) is 0 Å². The molecular weight excluding hydrogens is 341 g/mol. The highest BCUT2D eigenvalue weighted by atomic mass is 35.5. The van der Waals surface area contributed by atoms with E-state index in [1.165, 1.54) is 28.6 Å². The molecule has 118 valence electrons. The largest absolute Gasteiger partial charge is 0.262 e. The van der Waals surface area contributed by atoms with E-state index in [1.54, 1.807) is 6.07 Å². The Hall–Kier alpha value is -1.99. The summed E-state index contributed by atoms with van der Waals surface area (Å²) in [5.41, 5.74) is 1.15. The molecule has 0 unspecified atom stereocenters. The summed E-state index contributed by atoms with van der Waals surface area (Å²) in [6.07, 6.45) is 6.83. The van der Waals surface area contributed by atoms with Crippen LogP contribution in [-0.4, -0.2) is 27.6 Å². The van der Waals surface area contributed by atoms with Gasteiger partial charge in [0.2, 0.25) is 10.0 Å². The molecule has 0 aromatic carbocycles. The van der Waals surface area contributed by atoms with Crippen LogP contribution in [0.1, 0.15) is 12.8 Å². The van der Waals surface area contributed by atoms with E-state index in [0.29, 0.717) is 29.3 Å². The van der Waals surface area contributed by atoms with Gasteiger partial charge in [0.1, 0.15) is 11.0 Å². The van der Waals surface area contributed by atoms with Crippen molar-refractivity contribution in [1.29, 1.82) is 0 Å². The second-order valence-corrected chi connectivity index (χ2v) is 7.94. The Morgan fingerprint density at radius 3 is 2.74 bits per heavy atom. The summed E-state index contributed by atoms with van der Waals surface area (Å²) in [6.45, 7) is 0. The molecule has 3 aromatic heterocycles. The van der Waals surface area contributed by atoms with Gasteiger partial charge in [-0.25, -0.2) is 21.8 Å². The van der Waals surface area contributed by atoms with Crippen molar-refractivity contribution >= 4 is 32.5 Å². The van der Waals surface area contributed by atoms with Gasteiger partial charge in [0.25, 0.3) is 0 Å². The van der Waals surface area contributed by atoms with Crippen molar-refractivity contribution < 1.29 is 12.8 Å². The third-order valence-corrected chi connectivity index (χ3v) is 6.30. The van der Waals surface area contributed by atoms with Crippen LogP contribution in [-0.2, 0) is 10.0 Å². The van der Waals surface area contributed by atoms with Crippen LogP contribution >= 0.6 is 11.6 Å². The number of pyridine rings is 2. The van der Waals surface area contributed by atoms with E-state index in [-0.39, 0.29) is 16.0 Å². The Morgan fingerprint density at radius 2 is 2.00 bits per heavy atom. The van der Waals surface area contributed by atoms with Crippen LogP contribution < -0.4 is 0 Å². The molecule has 4 rings (SSSR count). The van der Waals surface area contributed by atoms with Crippen molar-refractivity contribution in [2.75, 3.05) is 0 Å². The molecule has 0 bridgehead atoms. The molecule has 1 saturated carbocycles. The fourth-order valence-electron chi connectivity index (χ4n) is 2.62. The molecule has 0 saturated heterocycles. The highest BCUT2D eigenvalue weighted by Gasteiger charge is 2.37. The Balaban J connectivity index is 1.97. The number of aromatic nitrogens is 3. The zero-order valence-electron chi connectivity index (χ0n) is 11.8. The van der Waals surface area contributed by atoms with Crippen molar-refractivity contribution in [3.05, 3.63) is 47.9 Å². The molecule has 0 atom stereocenters. The van der Waals surface area contributed by atoms with E-state index < -0.39 is 15.8 Å².